The van der Waals surface area contributed by atoms with Gasteiger partial charge in [0.2, 0.25) is 11.8 Å². The van der Waals surface area contributed by atoms with E-state index in [-0.39, 0.29) is 17.6 Å². The fourth-order valence-electron chi connectivity index (χ4n) is 3.54. The molecule has 31 heavy (non-hydrogen) atoms. The van der Waals surface area contributed by atoms with E-state index in [1.54, 1.807) is 12.1 Å². The smallest absolute Gasteiger partial charge is 0.307 e. The van der Waals surface area contributed by atoms with E-state index in [0.29, 0.717) is 18.5 Å². The van der Waals surface area contributed by atoms with Gasteiger partial charge in [-0.3, -0.25) is 14.4 Å². The quantitative estimate of drug-likeness (QED) is 0.432. The zero-order chi connectivity index (χ0) is 22.4. The summed E-state index contributed by atoms with van der Waals surface area (Å²) >= 11 is 1.41. The highest BCUT2D eigenvalue weighted by atomic mass is 32.2. The number of aliphatic carboxylic acids is 1. The Balaban J connectivity index is 1.51. The van der Waals surface area contributed by atoms with Crippen LogP contribution in [0.2, 0.25) is 0 Å². The molecule has 3 rings (SSSR count). The molecule has 0 aromatic heterocycles. The molecule has 0 aliphatic heterocycles. The van der Waals surface area contributed by atoms with Crippen molar-refractivity contribution in [2.75, 3.05) is 16.4 Å². The Morgan fingerprint density at radius 2 is 1.65 bits per heavy atom. The Kier molecular flexibility index (Phi) is 7.52. The fourth-order valence-corrected chi connectivity index (χ4v) is 4.23. The molecule has 0 bridgehead atoms. The Morgan fingerprint density at radius 3 is 2.29 bits per heavy atom. The maximum absolute atomic E-state index is 12.5. The van der Waals surface area contributed by atoms with E-state index >= 15 is 0 Å². The normalized spacial score (nSPS) is 17.7. The predicted molar refractivity (Wildman–Crippen MR) is 123 cm³/mol. The number of nitrogens with one attached hydrogen (secondary N) is 2. The molecule has 2 atom stereocenters. The highest BCUT2D eigenvalue weighted by Crippen LogP contribution is 2.28. The summed E-state index contributed by atoms with van der Waals surface area (Å²) in [5.41, 5.74) is 3.59. The van der Waals surface area contributed by atoms with Crippen LogP contribution in [0.15, 0.2) is 59.5 Å². The highest BCUT2D eigenvalue weighted by Gasteiger charge is 2.33. The second-order valence-corrected chi connectivity index (χ2v) is 8.71. The van der Waals surface area contributed by atoms with Crippen LogP contribution in [-0.4, -0.2) is 28.6 Å². The average molecular weight is 439 g/mol. The van der Waals surface area contributed by atoms with E-state index in [1.165, 1.54) is 11.8 Å². The Labute approximate surface area is 186 Å². The van der Waals surface area contributed by atoms with Crippen molar-refractivity contribution in [3.05, 3.63) is 65.7 Å². The molecular weight excluding hydrogens is 412 g/mol. The molecule has 0 fully saturated rings. The van der Waals surface area contributed by atoms with Crippen molar-refractivity contribution in [2.45, 2.75) is 31.6 Å². The molecule has 1 aliphatic carbocycles. The van der Waals surface area contributed by atoms with E-state index in [2.05, 4.69) is 10.6 Å². The number of allylic oxidation sites excluding steroid dienone is 2. The van der Waals surface area contributed by atoms with E-state index in [9.17, 15) is 19.5 Å². The highest BCUT2D eigenvalue weighted by molar-refractivity contribution is 8.00. The van der Waals surface area contributed by atoms with Crippen LogP contribution in [-0.2, 0) is 14.4 Å². The predicted octanol–water partition coefficient (Wildman–Crippen LogP) is 4.64. The third-order valence-electron chi connectivity index (χ3n) is 5.23. The lowest BCUT2D eigenvalue weighted by atomic mass is 9.82. The van der Waals surface area contributed by atoms with Crippen molar-refractivity contribution in [1.29, 1.82) is 0 Å². The fraction of sp³-hybridized carbons (Fsp3) is 0.292. The molecule has 7 heteroatoms. The largest absolute Gasteiger partial charge is 0.481 e. The van der Waals surface area contributed by atoms with Crippen LogP contribution in [0.4, 0.5) is 11.4 Å². The van der Waals surface area contributed by atoms with Gasteiger partial charge in [0.05, 0.1) is 17.6 Å². The number of hydrogen-bond acceptors (Lipinski definition) is 4. The number of anilines is 2. The summed E-state index contributed by atoms with van der Waals surface area (Å²) in [5, 5.41) is 15.1. The molecule has 0 saturated heterocycles. The summed E-state index contributed by atoms with van der Waals surface area (Å²) in [6, 6.07) is 13.1. The van der Waals surface area contributed by atoms with Gasteiger partial charge in [-0.1, -0.05) is 29.8 Å². The minimum absolute atomic E-state index is 0.0839. The van der Waals surface area contributed by atoms with E-state index in [4.69, 9.17) is 0 Å². The Bertz CT molecular complexity index is 1000. The van der Waals surface area contributed by atoms with Gasteiger partial charge in [-0.15, -0.1) is 11.8 Å². The third kappa shape index (κ3) is 6.21. The third-order valence-corrected chi connectivity index (χ3v) is 6.25. The molecule has 2 unspecified atom stereocenters. The monoisotopic (exact) mass is 438 g/mol. The summed E-state index contributed by atoms with van der Waals surface area (Å²) in [5.74, 6) is -2.32. The maximum Gasteiger partial charge on any atom is 0.307 e. The molecule has 2 amide bonds. The van der Waals surface area contributed by atoms with Crippen molar-refractivity contribution < 1.29 is 19.5 Å². The molecular formula is C24H26N2O4S. The van der Waals surface area contributed by atoms with Gasteiger partial charge in [0.15, 0.2) is 0 Å². The van der Waals surface area contributed by atoms with Crippen LogP contribution < -0.4 is 10.6 Å². The summed E-state index contributed by atoms with van der Waals surface area (Å²) < 4.78 is 0. The van der Waals surface area contributed by atoms with Gasteiger partial charge < -0.3 is 15.7 Å². The second kappa shape index (κ2) is 10.3. The number of thioether (sulfide) groups is 1. The van der Waals surface area contributed by atoms with Gasteiger partial charge >= 0.3 is 5.97 Å². The molecule has 0 spiro atoms. The molecule has 1 aliphatic rings. The molecule has 162 valence electrons. The number of carbonyl (C=O) groups excluding carboxylic acids is 2. The van der Waals surface area contributed by atoms with Crippen molar-refractivity contribution >= 4 is 40.9 Å². The first-order chi connectivity index (χ1) is 14.8. The molecule has 0 radical (unpaired) electrons. The SMILES string of the molecule is Cc1ccc(NC(=O)CSc2ccc(NC(=O)C3CC=CCC3C(=O)O)cc2)c(C)c1. The molecule has 6 nitrogen and oxygen atoms in total. The van der Waals surface area contributed by atoms with Gasteiger partial charge in [0, 0.05) is 16.3 Å². The number of amides is 2. The standard InChI is InChI=1S/C24H26N2O4S/c1-15-7-12-21(16(2)13-15)26-22(27)14-31-18-10-8-17(9-11-18)25-23(28)19-5-3-4-6-20(19)24(29)30/h3-4,7-13,19-20H,5-6,14H2,1-2H3,(H,25,28)(H,26,27)(H,29,30). The number of carboxylic acid groups (broad SMARTS) is 1. The Morgan fingerprint density at radius 1 is 0.968 bits per heavy atom. The van der Waals surface area contributed by atoms with E-state index in [1.807, 2.05) is 56.3 Å². The van der Waals surface area contributed by atoms with Crippen molar-refractivity contribution in [2.24, 2.45) is 11.8 Å². The minimum atomic E-state index is -0.949. The van der Waals surface area contributed by atoms with Gasteiger partial charge in [-0.2, -0.15) is 0 Å². The van der Waals surface area contributed by atoms with Crippen LogP contribution in [0.3, 0.4) is 0 Å². The van der Waals surface area contributed by atoms with Gasteiger partial charge in [-0.25, -0.2) is 0 Å². The second-order valence-electron chi connectivity index (χ2n) is 7.66. The van der Waals surface area contributed by atoms with Gasteiger partial charge in [0.25, 0.3) is 0 Å². The van der Waals surface area contributed by atoms with Crippen LogP contribution >= 0.6 is 11.8 Å². The van der Waals surface area contributed by atoms with E-state index in [0.717, 1.165) is 21.7 Å². The van der Waals surface area contributed by atoms with Crippen molar-refractivity contribution in [3.8, 4) is 0 Å². The van der Waals surface area contributed by atoms with E-state index < -0.39 is 17.8 Å². The first kappa shape index (κ1) is 22.6. The summed E-state index contributed by atoms with van der Waals surface area (Å²) in [7, 11) is 0. The van der Waals surface area contributed by atoms with Gasteiger partial charge in [0.1, 0.15) is 0 Å². The number of aryl methyl sites for hydroxylation is 2. The topological polar surface area (TPSA) is 95.5 Å². The maximum atomic E-state index is 12.5. The summed E-state index contributed by atoms with van der Waals surface area (Å²) in [6.07, 6.45) is 4.46. The number of carbonyl (C=O) groups is 3. The van der Waals surface area contributed by atoms with Gasteiger partial charge in [-0.05, 0) is 62.6 Å². The first-order valence-corrected chi connectivity index (χ1v) is 11.1. The van der Waals surface area contributed by atoms with Crippen LogP contribution in [0.5, 0.6) is 0 Å². The number of carboxylic acids is 1. The molecule has 0 heterocycles. The van der Waals surface area contributed by atoms with Crippen molar-refractivity contribution in [1.82, 2.24) is 0 Å². The molecule has 3 N–H and O–H groups in total. The number of hydrogen-bond donors (Lipinski definition) is 3. The lowest BCUT2D eigenvalue weighted by Crippen LogP contribution is -2.34. The number of benzene rings is 2. The molecule has 0 saturated carbocycles. The first-order valence-electron chi connectivity index (χ1n) is 10.1. The number of rotatable bonds is 7. The molecule has 2 aromatic carbocycles. The average Bonchev–Trinajstić information content (AvgIpc) is 2.75. The summed E-state index contributed by atoms with van der Waals surface area (Å²) in [6.45, 7) is 3.97. The zero-order valence-corrected chi connectivity index (χ0v) is 18.4. The van der Waals surface area contributed by atoms with Crippen molar-refractivity contribution in [3.63, 3.8) is 0 Å². The van der Waals surface area contributed by atoms with Crippen LogP contribution in [0.1, 0.15) is 24.0 Å². The van der Waals surface area contributed by atoms with Crippen LogP contribution in [0.25, 0.3) is 0 Å². The van der Waals surface area contributed by atoms with Crippen LogP contribution in [0, 0.1) is 25.7 Å². The minimum Gasteiger partial charge on any atom is -0.481 e. The lowest BCUT2D eigenvalue weighted by molar-refractivity contribution is -0.146. The summed E-state index contributed by atoms with van der Waals surface area (Å²) in [4.78, 5) is 37.1. The Hall–Kier alpha value is -3.06. The molecule has 2 aromatic rings. The zero-order valence-electron chi connectivity index (χ0n) is 17.6. The lowest BCUT2D eigenvalue weighted by Gasteiger charge is -2.24.